The summed E-state index contributed by atoms with van der Waals surface area (Å²) in [5, 5.41) is 27.4. The van der Waals surface area contributed by atoms with E-state index in [1.54, 1.807) is 42.9 Å². The second-order valence-electron chi connectivity index (χ2n) is 9.26. The van der Waals surface area contributed by atoms with Gasteiger partial charge in [-0.1, -0.05) is 12.1 Å². The number of pyridine rings is 1. The summed E-state index contributed by atoms with van der Waals surface area (Å²) in [5.74, 6) is -0.195. The number of tetrazole rings is 1. The van der Waals surface area contributed by atoms with Gasteiger partial charge >= 0.3 is 0 Å². The van der Waals surface area contributed by atoms with Crippen LogP contribution in [0.1, 0.15) is 53.0 Å². The Balaban J connectivity index is 1.36. The Labute approximate surface area is 208 Å². The number of rotatable bonds is 8. The second-order valence-corrected chi connectivity index (χ2v) is 9.26. The smallest absolute Gasteiger partial charge is 0.270 e. The van der Waals surface area contributed by atoms with Crippen molar-refractivity contribution < 1.29 is 19.1 Å². The van der Waals surface area contributed by atoms with Crippen molar-refractivity contribution in [2.45, 2.75) is 58.7 Å². The lowest BCUT2D eigenvalue weighted by atomic mass is 9.86. The van der Waals surface area contributed by atoms with E-state index in [0.717, 1.165) is 31.2 Å². The summed E-state index contributed by atoms with van der Waals surface area (Å²) in [7, 11) is 0. The molecule has 2 heterocycles. The molecule has 1 aliphatic carbocycles. The van der Waals surface area contributed by atoms with E-state index >= 15 is 0 Å². The number of aryl methyl sites for hydroxylation is 2. The number of carbonyl (C=O) groups is 2. The molecule has 2 aromatic heterocycles. The Hall–Kier alpha value is -3.73. The molecule has 1 aromatic carbocycles. The number of carbonyl (C=O) groups excluding carboxylic acids is 2. The summed E-state index contributed by atoms with van der Waals surface area (Å²) in [6, 6.07) is 8.25. The summed E-state index contributed by atoms with van der Waals surface area (Å²) < 4.78 is 13.5. The number of amides is 2. The number of aliphatic hydroxyl groups is 1. The Morgan fingerprint density at radius 2 is 1.92 bits per heavy atom. The molecule has 3 N–H and O–H groups in total. The molecular weight excluding hydrogens is 465 g/mol. The van der Waals surface area contributed by atoms with Crippen LogP contribution in [0, 0.1) is 25.6 Å². The molecular formula is C25H30FN7O3. The van der Waals surface area contributed by atoms with Crippen LogP contribution in [0.25, 0.3) is 11.4 Å². The first-order valence-corrected chi connectivity index (χ1v) is 12.0. The molecule has 0 spiro atoms. The van der Waals surface area contributed by atoms with Gasteiger partial charge in [0.1, 0.15) is 18.1 Å². The Bertz CT molecular complexity index is 1240. The van der Waals surface area contributed by atoms with Gasteiger partial charge in [-0.2, -0.15) is 4.80 Å². The molecule has 2 amide bonds. The van der Waals surface area contributed by atoms with Gasteiger partial charge in [-0.25, -0.2) is 9.37 Å². The van der Waals surface area contributed by atoms with Crippen molar-refractivity contribution in [1.29, 1.82) is 0 Å². The van der Waals surface area contributed by atoms with Crippen molar-refractivity contribution in [3.8, 4) is 11.4 Å². The van der Waals surface area contributed by atoms with Crippen molar-refractivity contribution in [1.82, 2.24) is 35.8 Å². The number of nitrogens with zero attached hydrogens (tertiary/aromatic N) is 5. The number of aliphatic hydroxyl groups excluding tert-OH is 1. The first-order chi connectivity index (χ1) is 17.3. The van der Waals surface area contributed by atoms with Crippen LogP contribution in [0.15, 0.2) is 30.3 Å². The van der Waals surface area contributed by atoms with Gasteiger partial charge in [0.15, 0.2) is 0 Å². The molecule has 11 heteroatoms. The predicted molar refractivity (Wildman–Crippen MR) is 129 cm³/mol. The minimum Gasteiger partial charge on any atom is -0.387 e. The van der Waals surface area contributed by atoms with Crippen molar-refractivity contribution in [2.75, 3.05) is 6.61 Å². The van der Waals surface area contributed by atoms with Crippen LogP contribution in [-0.4, -0.2) is 54.8 Å². The molecule has 0 unspecified atom stereocenters. The summed E-state index contributed by atoms with van der Waals surface area (Å²) in [4.78, 5) is 30.0. The zero-order valence-corrected chi connectivity index (χ0v) is 20.4. The standard InChI is InChI=1S/C25H30FN7O3/c1-15-9-18(5-8-21(15)26)12-27-25(36)22-11-19(10-16(2)28-22)24-30-32-33(31-24)13-17-3-6-20(7-4-17)29-23(35)14-34/h5,8-11,17,20,34H,3-4,6-7,12-14H2,1-2H3,(H,27,36)(H,29,35)/t17-,20-. The maximum absolute atomic E-state index is 13.5. The number of aromatic nitrogens is 5. The van der Waals surface area contributed by atoms with E-state index in [4.69, 9.17) is 5.11 Å². The van der Waals surface area contributed by atoms with E-state index in [2.05, 4.69) is 31.0 Å². The molecule has 0 bridgehead atoms. The molecule has 0 atom stereocenters. The van der Waals surface area contributed by atoms with Crippen LogP contribution < -0.4 is 10.6 Å². The average Bonchev–Trinajstić information content (AvgIpc) is 3.34. The molecule has 4 rings (SSSR count). The van der Waals surface area contributed by atoms with E-state index in [1.807, 2.05) is 0 Å². The summed E-state index contributed by atoms with van der Waals surface area (Å²) >= 11 is 0. The summed E-state index contributed by atoms with van der Waals surface area (Å²) in [5.41, 5.74) is 2.85. The largest absolute Gasteiger partial charge is 0.387 e. The third kappa shape index (κ3) is 6.48. The minimum absolute atomic E-state index is 0.0941. The fourth-order valence-electron chi connectivity index (χ4n) is 4.43. The molecule has 10 nitrogen and oxygen atoms in total. The van der Waals surface area contributed by atoms with E-state index in [0.29, 0.717) is 35.1 Å². The van der Waals surface area contributed by atoms with Crippen molar-refractivity contribution >= 4 is 11.8 Å². The highest BCUT2D eigenvalue weighted by molar-refractivity contribution is 5.93. The maximum atomic E-state index is 13.5. The molecule has 190 valence electrons. The highest BCUT2D eigenvalue weighted by Crippen LogP contribution is 2.26. The normalized spacial score (nSPS) is 17.6. The number of hydrogen-bond donors (Lipinski definition) is 3. The molecule has 0 saturated heterocycles. The first-order valence-electron chi connectivity index (χ1n) is 12.0. The fourth-order valence-corrected chi connectivity index (χ4v) is 4.43. The van der Waals surface area contributed by atoms with Crippen LogP contribution in [0.5, 0.6) is 0 Å². The van der Waals surface area contributed by atoms with Crippen LogP contribution in [0.3, 0.4) is 0 Å². The topological polar surface area (TPSA) is 135 Å². The lowest BCUT2D eigenvalue weighted by molar-refractivity contribution is -0.124. The van der Waals surface area contributed by atoms with Gasteiger partial charge in [-0.05, 0) is 80.0 Å². The lowest BCUT2D eigenvalue weighted by Gasteiger charge is -2.28. The Morgan fingerprint density at radius 3 is 2.64 bits per heavy atom. The molecule has 36 heavy (non-hydrogen) atoms. The lowest BCUT2D eigenvalue weighted by Crippen LogP contribution is -2.39. The van der Waals surface area contributed by atoms with Crippen molar-refractivity contribution in [3.05, 3.63) is 58.7 Å². The third-order valence-corrected chi connectivity index (χ3v) is 6.35. The molecule has 1 aliphatic rings. The van der Waals surface area contributed by atoms with E-state index < -0.39 is 6.61 Å². The third-order valence-electron chi connectivity index (χ3n) is 6.35. The molecule has 0 aliphatic heterocycles. The van der Waals surface area contributed by atoms with E-state index in [1.165, 1.54) is 6.07 Å². The van der Waals surface area contributed by atoms with E-state index in [-0.39, 0.29) is 35.9 Å². The Kier molecular flexibility index (Phi) is 7.99. The zero-order valence-electron chi connectivity index (χ0n) is 20.4. The molecule has 0 radical (unpaired) electrons. The zero-order chi connectivity index (χ0) is 25.7. The van der Waals surface area contributed by atoms with Gasteiger partial charge < -0.3 is 15.7 Å². The highest BCUT2D eigenvalue weighted by atomic mass is 19.1. The van der Waals surface area contributed by atoms with Crippen LogP contribution >= 0.6 is 0 Å². The van der Waals surface area contributed by atoms with Gasteiger partial charge in [-0.3, -0.25) is 9.59 Å². The Morgan fingerprint density at radius 1 is 1.14 bits per heavy atom. The number of nitrogens with one attached hydrogen (secondary N) is 2. The monoisotopic (exact) mass is 495 g/mol. The molecule has 1 saturated carbocycles. The van der Waals surface area contributed by atoms with Gasteiger partial charge in [0, 0.05) is 23.8 Å². The minimum atomic E-state index is -0.489. The molecule has 1 fully saturated rings. The van der Waals surface area contributed by atoms with Crippen LogP contribution in [0.2, 0.25) is 0 Å². The first kappa shape index (κ1) is 25.4. The second kappa shape index (κ2) is 11.3. The highest BCUT2D eigenvalue weighted by Gasteiger charge is 2.23. The SMILES string of the molecule is Cc1cc(-c2nnn(C[C@H]3CC[C@H](NC(=O)CO)CC3)n2)cc(C(=O)NCc2ccc(F)c(C)c2)n1. The van der Waals surface area contributed by atoms with Crippen LogP contribution in [-0.2, 0) is 17.9 Å². The van der Waals surface area contributed by atoms with Crippen molar-refractivity contribution in [3.63, 3.8) is 0 Å². The summed E-state index contributed by atoms with van der Waals surface area (Å²) in [6.07, 6.45) is 3.52. The number of hydrogen-bond acceptors (Lipinski definition) is 7. The maximum Gasteiger partial charge on any atom is 0.270 e. The summed E-state index contributed by atoms with van der Waals surface area (Å²) in [6.45, 7) is 3.85. The van der Waals surface area contributed by atoms with Gasteiger partial charge in [0.05, 0.1) is 6.54 Å². The molecule has 3 aromatic rings. The van der Waals surface area contributed by atoms with Gasteiger partial charge in [-0.15, -0.1) is 10.2 Å². The number of halogens is 1. The van der Waals surface area contributed by atoms with E-state index in [9.17, 15) is 14.0 Å². The van der Waals surface area contributed by atoms with Crippen molar-refractivity contribution in [2.24, 2.45) is 5.92 Å². The quantitative estimate of drug-likeness (QED) is 0.435. The predicted octanol–water partition coefficient (Wildman–Crippen LogP) is 2.09. The fraction of sp³-hybridized carbons (Fsp3) is 0.440. The van der Waals surface area contributed by atoms with Gasteiger partial charge in [0.25, 0.3) is 5.91 Å². The average molecular weight is 496 g/mol. The number of benzene rings is 1. The van der Waals surface area contributed by atoms with Crippen LogP contribution in [0.4, 0.5) is 4.39 Å². The van der Waals surface area contributed by atoms with Gasteiger partial charge in [0.2, 0.25) is 11.7 Å².